The van der Waals surface area contributed by atoms with E-state index >= 15 is 0 Å². The van der Waals surface area contributed by atoms with Gasteiger partial charge in [0, 0.05) is 44.3 Å². The van der Waals surface area contributed by atoms with Gasteiger partial charge < -0.3 is 13.9 Å². The summed E-state index contributed by atoms with van der Waals surface area (Å²) in [5, 5.41) is 4.73. The Kier molecular flexibility index (Phi) is 6.81. The normalized spacial score (nSPS) is 11.5. The maximum Gasteiger partial charge on any atom is 0.135 e. The quantitative estimate of drug-likeness (QED) is 0.178. The van der Waals surface area contributed by atoms with E-state index in [4.69, 9.17) is 4.42 Å². The molecular weight excluding hydrogens is 621 g/mol. The minimum Gasteiger partial charge on any atom is -0.456 e. The Balaban J connectivity index is 1.23. The van der Waals surface area contributed by atoms with Crippen LogP contribution in [0, 0.1) is 0 Å². The molecule has 3 heteroatoms. The largest absolute Gasteiger partial charge is 0.456 e. The van der Waals surface area contributed by atoms with Crippen molar-refractivity contribution in [3.05, 3.63) is 194 Å². The highest BCUT2D eigenvalue weighted by molar-refractivity contribution is 6.10. The van der Waals surface area contributed by atoms with E-state index in [-0.39, 0.29) is 0 Å². The van der Waals surface area contributed by atoms with Crippen LogP contribution in [0.4, 0.5) is 17.1 Å². The van der Waals surface area contributed by atoms with Gasteiger partial charge in [0.05, 0.1) is 11.0 Å². The molecule has 0 amide bonds. The second kappa shape index (κ2) is 11.9. The highest BCUT2D eigenvalue weighted by atomic mass is 16.3. The lowest BCUT2D eigenvalue weighted by Crippen LogP contribution is -2.10. The Bertz CT molecular complexity index is 2810. The standard InChI is InChI=1S/C48H32N2O/c1-4-14-37(15-5-1)49(38-16-6-2-7-17-38)40-29-35(33-25-27-48-44(31-33)43-21-11-13-23-47(43)51-48)28-36(30-40)34-24-26-42-41-20-10-12-22-45(41)50(46(42)32-34)39-18-8-3-9-19-39/h1-32H. The van der Waals surface area contributed by atoms with E-state index in [2.05, 4.69) is 191 Å². The van der Waals surface area contributed by atoms with E-state index < -0.39 is 0 Å². The molecule has 0 atom stereocenters. The summed E-state index contributed by atoms with van der Waals surface area (Å²) in [5.74, 6) is 0. The van der Waals surface area contributed by atoms with Gasteiger partial charge in [0.1, 0.15) is 11.2 Å². The molecule has 51 heavy (non-hydrogen) atoms. The van der Waals surface area contributed by atoms with Crippen molar-refractivity contribution in [1.29, 1.82) is 0 Å². The van der Waals surface area contributed by atoms with Gasteiger partial charge in [0.15, 0.2) is 0 Å². The molecule has 0 aliphatic heterocycles. The summed E-state index contributed by atoms with van der Waals surface area (Å²) in [6.07, 6.45) is 0. The second-order valence-corrected chi connectivity index (χ2v) is 13.0. The van der Waals surface area contributed by atoms with Gasteiger partial charge in [-0.15, -0.1) is 0 Å². The van der Waals surface area contributed by atoms with Gasteiger partial charge >= 0.3 is 0 Å². The van der Waals surface area contributed by atoms with Crippen LogP contribution in [-0.2, 0) is 0 Å². The van der Waals surface area contributed by atoms with Gasteiger partial charge in [0.25, 0.3) is 0 Å². The maximum atomic E-state index is 6.22. The molecular formula is C48H32N2O. The summed E-state index contributed by atoms with van der Waals surface area (Å²) in [4.78, 5) is 2.35. The summed E-state index contributed by atoms with van der Waals surface area (Å²) in [6, 6.07) is 69.3. The van der Waals surface area contributed by atoms with Gasteiger partial charge in [-0.1, -0.05) is 109 Å². The van der Waals surface area contributed by atoms with E-state index in [1.807, 2.05) is 12.1 Å². The highest BCUT2D eigenvalue weighted by Gasteiger charge is 2.18. The molecule has 0 aliphatic carbocycles. The van der Waals surface area contributed by atoms with Crippen molar-refractivity contribution in [2.24, 2.45) is 0 Å². The average molecular weight is 653 g/mol. The number of rotatable bonds is 6. The smallest absolute Gasteiger partial charge is 0.135 e. The number of hydrogen-bond donors (Lipinski definition) is 0. The number of hydrogen-bond acceptors (Lipinski definition) is 2. The van der Waals surface area contributed by atoms with Crippen molar-refractivity contribution in [1.82, 2.24) is 4.57 Å². The molecule has 0 radical (unpaired) electrons. The lowest BCUT2D eigenvalue weighted by atomic mass is 9.95. The first-order valence-corrected chi connectivity index (χ1v) is 17.3. The van der Waals surface area contributed by atoms with Gasteiger partial charge in [-0.25, -0.2) is 0 Å². The SMILES string of the molecule is c1ccc(N(c2ccccc2)c2cc(-c3ccc4oc5ccccc5c4c3)cc(-c3ccc4c5ccccc5n(-c5ccccc5)c4c3)c2)cc1. The Morgan fingerprint density at radius 2 is 0.882 bits per heavy atom. The van der Waals surface area contributed by atoms with E-state index in [1.54, 1.807) is 0 Å². The molecule has 0 aliphatic rings. The third-order valence-electron chi connectivity index (χ3n) is 9.94. The first-order chi connectivity index (χ1) is 25.3. The van der Waals surface area contributed by atoms with Crippen molar-refractivity contribution in [2.45, 2.75) is 0 Å². The molecule has 10 rings (SSSR count). The van der Waals surface area contributed by atoms with Crippen molar-refractivity contribution < 1.29 is 4.42 Å². The zero-order chi connectivity index (χ0) is 33.7. The number of furan rings is 1. The molecule has 0 unspecified atom stereocenters. The molecule has 0 bridgehead atoms. The minimum absolute atomic E-state index is 0.894. The van der Waals surface area contributed by atoms with E-state index in [1.165, 1.54) is 21.8 Å². The second-order valence-electron chi connectivity index (χ2n) is 13.0. The van der Waals surface area contributed by atoms with Crippen molar-refractivity contribution in [3.63, 3.8) is 0 Å². The Morgan fingerprint density at radius 1 is 0.333 bits per heavy atom. The fraction of sp³-hybridized carbons (Fsp3) is 0. The molecule has 240 valence electrons. The topological polar surface area (TPSA) is 21.3 Å². The first-order valence-electron chi connectivity index (χ1n) is 17.3. The zero-order valence-corrected chi connectivity index (χ0v) is 27.8. The minimum atomic E-state index is 0.894. The fourth-order valence-electron chi connectivity index (χ4n) is 7.59. The van der Waals surface area contributed by atoms with Crippen LogP contribution in [-0.4, -0.2) is 4.57 Å². The molecule has 0 saturated heterocycles. The van der Waals surface area contributed by atoms with Gasteiger partial charge in [-0.2, -0.15) is 0 Å². The average Bonchev–Trinajstić information content (AvgIpc) is 3.74. The predicted octanol–water partition coefficient (Wildman–Crippen LogP) is 13.5. The third kappa shape index (κ3) is 4.98. The molecule has 10 aromatic rings. The van der Waals surface area contributed by atoms with E-state index in [9.17, 15) is 0 Å². The molecule has 0 N–H and O–H groups in total. The molecule has 3 nitrogen and oxygen atoms in total. The number of benzene rings is 8. The Labute approximate surface area is 295 Å². The van der Waals surface area contributed by atoms with Gasteiger partial charge in [-0.05, 0) is 107 Å². The summed E-state index contributed by atoms with van der Waals surface area (Å²) >= 11 is 0. The zero-order valence-electron chi connectivity index (χ0n) is 27.8. The fourth-order valence-corrected chi connectivity index (χ4v) is 7.59. The van der Waals surface area contributed by atoms with Crippen molar-refractivity contribution >= 4 is 60.8 Å². The molecule has 0 saturated carbocycles. The molecule has 2 heterocycles. The third-order valence-corrected chi connectivity index (χ3v) is 9.94. The van der Waals surface area contributed by atoms with E-state index in [0.717, 1.165) is 66.9 Å². The summed E-state index contributed by atoms with van der Waals surface area (Å²) in [7, 11) is 0. The number of para-hydroxylation sites is 5. The number of aromatic nitrogens is 1. The predicted molar refractivity (Wildman–Crippen MR) is 214 cm³/mol. The summed E-state index contributed by atoms with van der Waals surface area (Å²) in [6.45, 7) is 0. The number of anilines is 3. The van der Waals surface area contributed by atoms with E-state index in [0.29, 0.717) is 0 Å². The molecule has 0 spiro atoms. The maximum absolute atomic E-state index is 6.22. The van der Waals surface area contributed by atoms with Gasteiger partial charge in [0.2, 0.25) is 0 Å². The van der Waals surface area contributed by atoms with Crippen LogP contribution in [0.15, 0.2) is 199 Å². The first kappa shape index (κ1) is 29.1. The van der Waals surface area contributed by atoms with Crippen molar-refractivity contribution in [2.75, 3.05) is 4.90 Å². The van der Waals surface area contributed by atoms with Gasteiger partial charge in [-0.3, -0.25) is 0 Å². The summed E-state index contributed by atoms with van der Waals surface area (Å²) in [5.41, 5.74) is 13.2. The van der Waals surface area contributed by atoms with Crippen LogP contribution in [0.1, 0.15) is 0 Å². The molecule has 2 aromatic heterocycles. The highest BCUT2D eigenvalue weighted by Crippen LogP contribution is 2.42. The monoisotopic (exact) mass is 652 g/mol. The Morgan fingerprint density at radius 3 is 1.61 bits per heavy atom. The molecule has 0 fully saturated rings. The lowest BCUT2D eigenvalue weighted by Gasteiger charge is -2.27. The number of fused-ring (bicyclic) bond motifs is 6. The number of nitrogens with zero attached hydrogens (tertiary/aromatic N) is 2. The lowest BCUT2D eigenvalue weighted by molar-refractivity contribution is 0.669. The van der Waals surface area contributed by atoms with Crippen LogP contribution in [0.3, 0.4) is 0 Å². The van der Waals surface area contributed by atoms with Crippen molar-refractivity contribution in [3.8, 4) is 27.9 Å². The van der Waals surface area contributed by atoms with Crippen LogP contribution in [0.2, 0.25) is 0 Å². The summed E-state index contributed by atoms with van der Waals surface area (Å²) < 4.78 is 8.60. The van der Waals surface area contributed by atoms with Crippen LogP contribution in [0.25, 0.3) is 71.7 Å². The van der Waals surface area contributed by atoms with Crippen LogP contribution >= 0.6 is 0 Å². The van der Waals surface area contributed by atoms with Crippen LogP contribution in [0.5, 0.6) is 0 Å². The Hall–Kier alpha value is -6.84. The van der Waals surface area contributed by atoms with Crippen LogP contribution < -0.4 is 4.90 Å². The molecule has 8 aromatic carbocycles.